The van der Waals surface area contributed by atoms with Gasteiger partial charge in [-0.05, 0) is 72.8 Å². The molecule has 27 heavy (non-hydrogen) atoms. The third kappa shape index (κ3) is 4.78. The molecule has 1 aromatic carbocycles. The Kier molecular flexibility index (Phi) is 4.99. The van der Waals surface area contributed by atoms with Crippen LogP contribution in [-0.2, 0) is 4.74 Å². The molecule has 1 saturated heterocycles. The van der Waals surface area contributed by atoms with Gasteiger partial charge in [-0.1, -0.05) is 12.1 Å². The zero-order valence-electron chi connectivity index (χ0n) is 15.3. The fraction of sp³-hybridized carbons (Fsp3) is 0.526. The van der Waals surface area contributed by atoms with Crippen molar-refractivity contribution in [2.24, 2.45) is 5.41 Å². The number of allylic oxidation sites excluding steroid dienone is 1. The minimum absolute atomic E-state index is 0.121. The van der Waals surface area contributed by atoms with Gasteiger partial charge in [-0.25, -0.2) is 4.79 Å². The summed E-state index contributed by atoms with van der Waals surface area (Å²) in [7, 11) is 0. The predicted molar refractivity (Wildman–Crippen MR) is 98.3 cm³/mol. The Morgan fingerprint density at radius 1 is 1.22 bits per heavy atom. The van der Waals surface area contributed by atoms with Crippen LogP contribution < -0.4 is 4.74 Å². The lowest BCUT2D eigenvalue weighted by molar-refractivity contribution is -0.274. The second-order valence-electron chi connectivity index (χ2n) is 8.06. The minimum atomic E-state index is -4.74. The van der Waals surface area contributed by atoms with Gasteiger partial charge in [0.2, 0.25) is 0 Å². The molecular formula is C19H21BrF3NO3. The summed E-state index contributed by atoms with van der Waals surface area (Å²) in [6, 6.07) is 4.71. The van der Waals surface area contributed by atoms with Gasteiger partial charge in [0.15, 0.2) is 0 Å². The molecule has 4 nitrogen and oxygen atoms in total. The maximum absolute atomic E-state index is 12.5. The van der Waals surface area contributed by atoms with Crippen molar-refractivity contribution in [3.05, 3.63) is 34.3 Å². The SMILES string of the molecule is CC(C)(C)OC(=O)N1CC2(C=C(c3ccc(Br)c(OC(F)(F)F)c3)CC2)C1. The molecule has 1 aliphatic heterocycles. The molecule has 0 N–H and O–H groups in total. The smallest absolute Gasteiger partial charge is 0.444 e. The number of alkyl halides is 3. The van der Waals surface area contributed by atoms with Crippen molar-refractivity contribution in [3.63, 3.8) is 0 Å². The maximum Gasteiger partial charge on any atom is 0.573 e. The maximum atomic E-state index is 12.5. The van der Waals surface area contributed by atoms with Gasteiger partial charge in [0.05, 0.1) is 4.47 Å². The van der Waals surface area contributed by atoms with Gasteiger partial charge in [0.25, 0.3) is 0 Å². The number of carbonyl (C=O) groups excluding carboxylic acids is 1. The van der Waals surface area contributed by atoms with Crippen LogP contribution in [-0.4, -0.2) is 36.0 Å². The minimum Gasteiger partial charge on any atom is -0.444 e. The second kappa shape index (κ2) is 6.72. The number of ether oxygens (including phenoxy) is 2. The third-order valence-electron chi connectivity index (χ3n) is 4.56. The lowest BCUT2D eigenvalue weighted by Gasteiger charge is -2.47. The Morgan fingerprint density at radius 2 is 1.89 bits per heavy atom. The summed E-state index contributed by atoms with van der Waals surface area (Å²) in [6.07, 6.45) is -1.40. The topological polar surface area (TPSA) is 38.8 Å². The number of nitrogens with zero attached hydrogens (tertiary/aromatic N) is 1. The van der Waals surface area contributed by atoms with Crippen molar-refractivity contribution in [3.8, 4) is 5.75 Å². The van der Waals surface area contributed by atoms with Crippen LogP contribution in [0.1, 0.15) is 39.2 Å². The summed E-state index contributed by atoms with van der Waals surface area (Å²) in [5, 5.41) is 0. The number of hydrogen-bond acceptors (Lipinski definition) is 3. The number of likely N-dealkylation sites (tertiary alicyclic amines) is 1. The summed E-state index contributed by atoms with van der Waals surface area (Å²) in [5.41, 5.74) is 1.01. The zero-order valence-corrected chi connectivity index (χ0v) is 16.9. The van der Waals surface area contributed by atoms with Crippen molar-refractivity contribution in [2.75, 3.05) is 13.1 Å². The van der Waals surface area contributed by atoms with E-state index >= 15 is 0 Å². The molecule has 0 aromatic heterocycles. The van der Waals surface area contributed by atoms with E-state index in [-0.39, 0.29) is 21.7 Å². The molecule has 1 fully saturated rings. The molecular weight excluding hydrogens is 427 g/mol. The molecule has 8 heteroatoms. The Balaban J connectivity index is 1.70. The first kappa shape index (κ1) is 20.0. The Morgan fingerprint density at radius 3 is 2.48 bits per heavy atom. The van der Waals surface area contributed by atoms with Gasteiger partial charge in [0, 0.05) is 18.5 Å². The van der Waals surface area contributed by atoms with Gasteiger partial charge >= 0.3 is 12.5 Å². The molecule has 2 aliphatic rings. The monoisotopic (exact) mass is 447 g/mol. The van der Waals surface area contributed by atoms with Crippen molar-refractivity contribution in [2.45, 2.75) is 45.6 Å². The molecule has 1 spiro atoms. The molecule has 0 saturated carbocycles. The largest absolute Gasteiger partial charge is 0.573 e. The summed E-state index contributed by atoms with van der Waals surface area (Å²) in [6.45, 7) is 6.59. The highest BCUT2D eigenvalue weighted by Crippen LogP contribution is 2.47. The summed E-state index contributed by atoms with van der Waals surface area (Å²) < 4.78 is 47.3. The Bertz CT molecular complexity index is 777. The van der Waals surface area contributed by atoms with Crippen LogP contribution in [0.3, 0.4) is 0 Å². The summed E-state index contributed by atoms with van der Waals surface area (Å²) in [4.78, 5) is 13.8. The number of halogens is 4. The highest BCUT2D eigenvalue weighted by atomic mass is 79.9. The lowest BCUT2D eigenvalue weighted by atomic mass is 9.80. The molecule has 1 heterocycles. The number of amides is 1. The molecule has 1 aromatic rings. The second-order valence-corrected chi connectivity index (χ2v) is 8.92. The first-order chi connectivity index (χ1) is 12.4. The Hall–Kier alpha value is -1.70. The van der Waals surface area contributed by atoms with E-state index in [1.807, 2.05) is 20.8 Å². The van der Waals surface area contributed by atoms with Crippen LogP contribution in [0, 0.1) is 5.41 Å². The summed E-state index contributed by atoms with van der Waals surface area (Å²) >= 11 is 3.08. The molecule has 1 amide bonds. The third-order valence-corrected chi connectivity index (χ3v) is 5.22. The van der Waals surface area contributed by atoms with Crippen molar-refractivity contribution >= 4 is 27.6 Å². The van der Waals surface area contributed by atoms with E-state index in [1.165, 1.54) is 6.07 Å². The predicted octanol–water partition coefficient (Wildman–Crippen LogP) is 5.76. The van der Waals surface area contributed by atoms with Gasteiger partial charge in [-0.15, -0.1) is 13.2 Å². The molecule has 1 aliphatic carbocycles. The standard InChI is InChI=1S/C19H21BrF3NO3/c1-17(2,3)27-16(25)24-10-18(11-24)7-6-13(9-18)12-4-5-14(20)15(8-12)26-19(21,22)23/h4-5,8-9H,6-7,10-11H2,1-3H3. The van der Waals surface area contributed by atoms with Crippen LogP contribution in [0.2, 0.25) is 0 Å². The Labute approximate surface area is 164 Å². The van der Waals surface area contributed by atoms with E-state index in [1.54, 1.807) is 17.0 Å². The van der Waals surface area contributed by atoms with Gasteiger partial charge in [0.1, 0.15) is 11.4 Å². The normalized spacial score (nSPS) is 18.9. The van der Waals surface area contributed by atoms with Gasteiger partial charge in [-0.2, -0.15) is 0 Å². The van der Waals surface area contributed by atoms with E-state index in [0.717, 1.165) is 18.4 Å². The molecule has 148 valence electrons. The highest BCUT2D eigenvalue weighted by Gasteiger charge is 2.47. The molecule has 0 bridgehead atoms. The van der Waals surface area contributed by atoms with E-state index in [0.29, 0.717) is 18.7 Å². The highest BCUT2D eigenvalue weighted by molar-refractivity contribution is 9.10. The molecule has 0 unspecified atom stereocenters. The number of carbonyl (C=O) groups is 1. The average molecular weight is 448 g/mol. The van der Waals surface area contributed by atoms with Crippen molar-refractivity contribution < 1.29 is 27.4 Å². The fourth-order valence-corrected chi connectivity index (χ4v) is 3.78. The molecule has 0 radical (unpaired) electrons. The van der Waals surface area contributed by atoms with E-state index in [2.05, 4.69) is 26.7 Å². The van der Waals surface area contributed by atoms with E-state index in [4.69, 9.17) is 4.74 Å². The van der Waals surface area contributed by atoms with Crippen LogP contribution in [0.15, 0.2) is 28.7 Å². The number of benzene rings is 1. The first-order valence-electron chi connectivity index (χ1n) is 8.61. The molecule has 3 rings (SSSR count). The van der Waals surface area contributed by atoms with Gasteiger partial charge in [-0.3, -0.25) is 0 Å². The average Bonchev–Trinajstić information content (AvgIpc) is 2.90. The fourth-order valence-electron chi connectivity index (χ4n) is 3.45. The van der Waals surface area contributed by atoms with Crippen molar-refractivity contribution in [1.29, 1.82) is 0 Å². The lowest BCUT2D eigenvalue weighted by Crippen LogP contribution is -2.57. The first-order valence-corrected chi connectivity index (χ1v) is 9.41. The van der Waals surface area contributed by atoms with E-state index in [9.17, 15) is 18.0 Å². The zero-order chi connectivity index (χ0) is 20.0. The van der Waals surface area contributed by atoms with Crippen LogP contribution in [0.5, 0.6) is 5.75 Å². The quantitative estimate of drug-likeness (QED) is 0.578. The summed E-state index contributed by atoms with van der Waals surface area (Å²) in [5.74, 6) is -0.258. The number of rotatable bonds is 2. The van der Waals surface area contributed by atoms with Crippen LogP contribution in [0.25, 0.3) is 5.57 Å². The van der Waals surface area contributed by atoms with Crippen LogP contribution >= 0.6 is 15.9 Å². The van der Waals surface area contributed by atoms with Crippen LogP contribution in [0.4, 0.5) is 18.0 Å². The number of hydrogen-bond donors (Lipinski definition) is 0. The van der Waals surface area contributed by atoms with E-state index < -0.39 is 12.0 Å². The van der Waals surface area contributed by atoms with Gasteiger partial charge < -0.3 is 14.4 Å². The molecule has 0 atom stereocenters. The van der Waals surface area contributed by atoms with Crippen molar-refractivity contribution in [1.82, 2.24) is 4.90 Å².